The van der Waals surface area contributed by atoms with Crippen LogP contribution >= 0.6 is 0 Å². The largest absolute Gasteiger partial charge is 0.374 e. The summed E-state index contributed by atoms with van der Waals surface area (Å²) < 4.78 is 0. The van der Waals surface area contributed by atoms with Gasteiger partial charge >= 0.3 is 0 Å². The minimum Gasteiger partial charge on any atom is -0.374 e. The number of hydrogen-bond donors (Lipinski definition) is 2. The molecule has 0 aliphatic heterocycles. The Morgan fingerprint density at radius 3 is 2.74 bits per heavy atom. The summed E-state index contributed by atoms with van der Waals surface area (Å²) in [5.74, 6) is 0.555. The number of benzene rings is 1. The first-order valence-electron chi connectivity index (χ1n) is 6.57. The van der Waals surface area contributed by atoms with E-state index >= 15 is 0 Å². The zero-order valence-electron chi connectivity index (χ0n) is 11.7. The van der Waals surface area contributed by atoms with Crippen molar-refractivity contribution < 1.29 is 4.79 Å². The van der Waals surface area contributed by atoms with E-state index in [-0.39, 0.29) is 11.9 Å². The van der Waals surface area contributed by atoms with Crippen LogP contribution in [0.5, 0.6) is 0 Å². The van der Waals surface area contributed by atoms with E-state index in [1.807, 2.05) is 13.0 Å². The number of anilines is 1. The number of nitrogens with zero attached hydrogens (tertiary/aromatic N) is 1. The maximum absolute atomic E-state index is 11.8. The van der Waals surface area contributed by atoms with Crippen molar-refractivity contribution in [2.75, 3.05) is 11.9 Å². The van der Waals surface area contributed by atoms with Gasteiger partial charge in [-0.1, -0.05) is 19.9 Å². The Balaban J connectivity index is 2.47. The molecule has 4 heteroatoms. The lowest BCUT2D eigenvalue weighted by Gasteiger charge is -2.16. The van der Waals surface area contributed by atoms with Crippen molar-refractivity contribution in [3.8, 4) is 6.07 Å². The van der Waals surface area contributed by atoms with Gasteiger partial charge in [0, 0.05) is 12.2 Å². The lowest BCUT2D eigenvalue weighted by Crippen LogP contribution is -2.38. The van der Waals surface area contributed by atoms with E-state index < -0.39 is 0 Å². The van der Waals surface area contributed by atoms with Crippen LogP contribution in [-0.2, 0) is 4.79 Å². The van der Waals surface area contributed by atoms with E-state index in [2.05, 4.69) is 30.6 Å². The third kappa shape index (κ3) is 5.43. The van der Waals surface area contributed by atoms with Gasteiger partial charge in [-0.3, -0.25) is 4.79 Å². The number of carbonyl (C=O) groups excluding carboxylic acids is 1. The minimum absolute atomic E-state index is 0.0250. The fraction of sp³-hybridized carbons (Fsp3) is 0.467. The molecule has 0 heterocycles. The SMILES string of the molecule is CC(C)CCNC(=O)C(C)Nc1cccc(C#N)c1. The number of nitrogens with one attached hydrogen (secondary N) is 2. The van der Waals surface area contributed by atoms with Crippen LogP contribution < -0.4 is 10.6 Å². The molecule has 1 unspecified atom stereocenters. The Labute approximate surface area is 114 Å². The molecule has 2 N–H and O–H groups in total. The summed E-state index contributed by atoms with van der Waals surface area (Å²) in [6.45, 7) is 6.76. The molecule has 0 radical (unpaired) electrons. The Kier molecular flexibility index (Phi) is 5.87. The molecule has 4 nitrogen and oxygen atoms in total. The molecule has 0 aliphatic rings. The monoisotopic (exact) mass is 259 g/mol. The van der Waals surface area contributed by atoms with Crippen LogP contribution in [0.4, 0.5) is 5.69 Å². The predicted octanol–water partition coefficient (Wildman–Crippen LogP) is 2.52. The highest BCUT2D eigenvalue weighted by molar-refractivity contribution is 5.84. The Morgan fingerprint density at radius 2 is 2.11 bits per heavy atom. The molecule has 1 amide bonds. The molecule has 0 saturated heterocycles. The van der Waals surface area contributed by atoms with E-state index in [9.17, 15) is 4.79 Å². The maximum Gasteiger partial charge on any atom is 0.242 e. The first kappa shape index (κ1) is 15.0. The normalized spacial score (nSPS) is 11.7. The average Bonchev–Trinajstić information content (AvgIpc) is 2.38. The highest BCUT2D eigenvalue weighted by atomic mass is 16.2. The summed E-state index contributed by atoms with van der Waals surface area (Å²) in [6, 6.07) is 8.87. The van der Waals surface area contributed by atoms with Gasteiger partial charge in [-0.15, -0.1) is 0 Å². The van der Waals surface area contributed by atoms with E-state index in [1.165, 1.54) is 0 Å². The fourth-order valence-corrected chi connectivity index (χ4v) is 1.63. The first-order valence-corrected chi connectivity index (χ1v) is 6.57. The lowest BCUT2D eigenvalue weighted by atomic mass is 10.1. The van der Waals surface area contributed by atoms with Crippen LogP contribution in [0.2, 0.25) is 0 Å². The van der Waals surface area contributed by atoms with Crippen molar-refractivity contribution in [1.82, 2.24) is 5.32 Å². The molecule has 0 aliphatic carbocycles. The van der Waals surface area contributed by atoms with Gasteiger partial charge in [-0.2, -0.15) is 5.26 Å². The molecule has 1 atom stereocenters. The number of hydrogen-bond acceptors (Lipinski definition) is 3. The second-order valence-corrected chi connectivity index (χ2v) is 5.03. The third-order valence-corrected chi connectivity index (χ3v) is 2.79. The van der Waals surface area contributed by atoms with E-state index in [0.29, 0.717) is 18.0 Å². The van der Waals surface area contributed by atoms with Crippen molar-refractivity contribution in [2.24, 2.45) is 5.92 Å². The molecule has 0 saturated carbocycles. The molecular weight excluding hydrogens is 238 g/mol. The zero-order chi connectivity index (χ0) is 14.3. The van der Waals surface area contributed by atoms with Crippen LogP contribution in [0.15, 0.2) is 24.3 Å². The number of amides is 1. The summed E-state index contributed by atoms with van der Waals surface area (Å²) in [5.41, 5.74) is 1.36. The summed E-state index contributed by atoms with van der Waals surface area (Å²) in [6.07, 6.45) is 0.975. The van der Waals surface area contributed by atoms with Gasteiger partial charge in [0.05, 0.1) is 11.6 Å². The quantitative estimate of drug-likeness (QED) is 0.825. The van der Waals surface area contributed by atoms with Gasteiger partial charge in [-0.05, 0) is 37.5 Å². The van der Waals surface area contributed by atoms with Gasteiger partial charge in [0.15, 0.2) is 0 Å². The fourth-order valence-electron chi connectivity index (χ4n) is 1.63. The topological polar surface area (TPSA) is 64.9 Å². The highest BCUT2D eigenvalue weighted by Gasteiger charge is 2.12. The number of nitriles is 1. The average molecular weight is 259 g/mol. The zero-order valence-corrected chi connectivity index (χ0v) is 11.7. The van der Waals surface area contributed by atoms with Gasteiger partial charge in [0.1, 0.15) is 6.04 Å². The lowest BCUT2D eigenvalue weighted by molar-refractivity contribution is -0.121. The first-order chi connectivity index (χ1) is 9.02. The molecule has 0 spiro atoms. The molecule has 1 aromatic carbocycles. The number of carbonyl (C=O) groups is 1. The van der Waals surface area contributed by atoms with Crippen molar-refractivity contribution in [3.05, 3.63) is 29.8 Å². The van der Waals surface area contributed by atoms with Crippen LogP contribution in [0.1, 0.15) is 32.8 Å². The van der Waals surface area contributed by atoms with Gasteiger partial charge in [-0.25, -0.2) is 0 Å². The molecule has 0 fully saturated rings. The van der Waals surface area contributed by atoms with Crippen LogP contribution in [0, 0.1) is 17.2 Å². The molecule has 0 bridgehead atoms. The van der Waals surface area contributed by atoms with E-state index in [1.54, 1.807) is 18.2 Å². The molecule has 1 aromatic rings. The van der Waals surface area contributed by atoms with E-state index in [4.69, 9.17) is 5.26 Å². The Hall–Kier alpha value is -2.02. The third-order valence-electron chi connectivity index (χ3n) is 2.79. The smallest absolute Gasteiger partial charge is 0.242 e. The Bertz CT molecular complexity index is 463. The molecule has 1 rings (SSSR count). The summed E-state index contributed by atoms with van der Waals surface area (Å²) in [7, 11) is 0. The van der Waals surface area contributed by atoms with Gasteiger partial charge in [0.2, 0.25) is 5.91 Å². The van der Waals surface area contributed by atoms with Crippen LogP contribution in [0.3, 0.4) is 0 Å². The Morgan fingerprint density at radius 1 is 1.37 bits per heavy atom. The number of rotatable bonds is 6. The molecule has 0 aromatic heterocycles. The summed E-state index contributed by atoms with van der Waals surface area (Å²) in [5, 5.41) is 14.8. The van der Waals surface area contributed by atoms with Crippen molar-refractivity contribution in [1.29, 1.82) is 5.26 Å². The predicted molar refractivity (Wildman–Crippen MR) is 76.7 cm³/mol. The molecule has 19 heavy (non-hydrogen) atoms. The van der Waals surface area contributed by atoms with Crippen molar-refractivity contribution >= 4 is 11.6 Å². The summed E-state index contributed by atoms with van der Waals surface area (Å²) >= 11 is 0. The summed E-state index contributed by atoms with van der Waals surface area (Å²) in [4.78, 5) is 11.8. The standard InChI is InChI=1S/C15H21N3O/c1-11(2)7-8-17-15(19)12(3)18-14-6-4-5-13(9-14)10-16/h4-6,9,11-12,18H,7-8H2,1-3H3,(H,17,19). The highest BCUT2D eigenvalue weighted by Crippen LogP contribution is 2.11. The van der Waals surface area contributed by atoms with Crippen LogP contribution in [-0.4, -0.2) is 18.5 Å². The van der Waals surface area contributed by atoms with Crippen molar-refractivity contribution in [3.63, 3.8) is 0 Å². The molecular formula is C15H21N3O. The van der Waals surface area contributed by atoms with Crippen molar-refractivity contribution in [2.45, 2.75) is 33.2 Å². The minimum atomic E-state index is -0.318. The maximum atomic E-state index is 11.8. The molecule has 102 valence electrons. The second-order valence-electron chi connectivity index (χ2n) is 5.03. The van der Waals surface area contributed by atoms with Crippen LogP contribution in [0.25, 0.3) is 0 Å². The van der Waals surface area contributed by atoms with E-state index in [0.717, 1.165) is 12.1 Å². The second kappa shape index (κ2) is 7.42. The van der Waals surface area contributed by atoms with Gasteiger partial charge in [0.25, 0.3) is 0 Å². The van der Waals surface area contributed by atoms with Gasteiger partial charge < -0.3 is 10.6 Å².